The Labute approximate surface area is 81.6 Å². The molecule has 66 valence electrons. The Morgan fingerprint density at radius 3 is 2.17 bits per heavy atom. The fraction of sp³-hybridized carbons (Fsp3) is 0.250. The lowest BCUT2D eigenvalue weighted by atomic mass is 10.1. The van der Waals surface area contributed by atoms with Gasteiger partial charge in [-0.3, -0.25) is 4.57 Å². The average Bonchev–Trinajstić information content (AvgIpc) is 1.92. The van der Waals surface area contributed by atoms with Crippen molar-refractivity contribution in [3.8, 4) is 0 Å². The number of halogens is 2. The van der Waals surface area contributed by atoms with Crippen molar-refractivity contribution in [2.75, 3.05) is 0 Å². The molecular weight excluding hydrogens is 214 g/mol. The predicted molar refractivity (Wildman–Crippen MR) is 54.9 cm³/mol. The summed E-state index contributed by atoms with van der Waals surface area (Å²) in [5.74, 6) is -3.12. The lowest BCUT2D eigenvalue weighted by Gasteiger charge is -2.04. The Bertz CT molecular complexity index is 343. The van der Waals surface area contributed by atoms with E-state index in [0.717, 1.165) is 11.1 Å². The molecule has 0 saturated carbocycles. The van der Waals surface area contributed by atoms with Crippen LogP contribution in [0.4, 0.5) is 0 Å². The van der Waals surface area contributed by atoms with Crippen molar-refractivity contribution in [3.63, 3.8) is 0 Å². The largest absolute Gasteiger partial charge is 0.284 e. The maximum absolute atomic E-state index is 11.2. The summed E-state index contributed by atoms with van der Waals surface area (Å²) >= 11 is 11.0. The van der Waals surface area contributed by atoms with E-state index in [2.05, 4.69) is 0 Å². The molecule has 0 heterocycles. The van der Waals surface area contributed by atoms with E-state index in [1.807, 2.05) is 19.9 Å². The number of rotatable bonds is 1. The number of hydrogen-bond donors (Lipinski definition) is 0. The maximum Gasteiger partial charge on any atom is 0.281 e. The fourth-order valence-corrected chi connectivity index (χ4v) is 2.11. The molecule has 0 unspecified atom stereocenters. The summed E-state index contributed by atoms with van der Waals surface area (Å²) in [5, 5.41) is 0.508. The zero-order valence-electron chi connectivity index (χ0n) is 6.84. The molecule has 0 aliphatic heterocycles. The minimum Gasteiger partial charge on any atom is -0.284 e. The normalized spacial score (nSPS) is 11.7. The summed E-state index contributed by atoms with van der Waals surface area (Å²) in [6.07, 6.45) is 0. The van der Waals surface area contributed by atoms with E-state index in [1.54, 1.807) is 12.1 Å². The van der Waals surface area contributed by atoms with Crippen LogP contribution in [0.25, 0.3) is 0 Å². The summed E-state index contributed by atoms with van der Waals surface area (Å²) in [7, 11) is 0. The van der Waals surface area contributed by atoms with Gasteiger partial charge >= 0.3 is 0 Å². The highest BCUT2D eigenvalue weighted by molar-refractivity contribution is 8.13. The van der Waals surface area contributed by atoms with Crippen molar-refractivity contribution in [1.29, 1.82) is 0 Å². The molecule has 12 heavy (non-hydrogen) atoms. The van der Waals surface area contributed by atoms with Gasteiger partial charge < -0.3 is 0 Å². The summed E-state index contributed by atoms with van der Waals surface area (Å²) in [4.78, 5) is 0. The third-order valence-electron chi connectivity index (χ3n) is 1.79. The molecule has 0 amide bonds. The molecule has 0 aromatic heterocycles. The lowest BCUT2D eigenvalue weighted by molar-refractivity contribution is 0.597. The zero-order valence-corrected chi connectivity index (χ0v) is 9.25. The molecule has 0 N–H and O–H groups in total. The molecule has 0 spiro atoms. The van der Waals surface area contributed by atoms with E-state index >= 15 is 0 Å². The Hall–Kier alpha value is 0.0300. The first-order chi connectivity index (χ1) is 5.41. The second-order valence-electron chi connectivity index (χ2n) is 2.73. The molecule has 0 atom stereocenters. The summed E-state index contributed by atoms with van der Waals surface area (Å²) in [6.45, 7) is 3.91. The summed E-state index contributed by atoms with van der Waals surface area (Å²) in [5.41, 5.74) is 2.19. The van der Waals surface area contributed by atoms with Gasteiger partial charge in [-0.15, -0.1) is 0 Å². The van der Waals surface area contributed by atoms with Crippen molar-refractivity contribution >= 4 is 33.6 Å². The molecular formula is C8H9Cl2OP. The molecule has 0 radical (unpaired) electrons. The molecule has 0 fully saturated rings. The van der Waals surface area contributed by atoms with Crippen molar-refractivity contribution < 1.29 is 4.57 Å². The first-order valence-corrected chi connectivity index (χ1v) is 7.00. The second kappa shape index (κ2) is 3.41. The van der Waals surface area contributed by atoms with Gasteiger partial charge in [0.15, 0.2) is 0 Å². The maximum atomic E-state index is 11.2. The highest BCUT2D eigenvalue weighted by atomic mass is 35.9. The fourth-order valence-electron chi connectivity index (χ4n) is 0.888. The average molecular weight is 223 g/mol. The lowest BCUT2D eigenvalue weighted by Crippen LogP contribution is -1.98. The molecule has 1 aromatic rings. The first kappa shape index (κ1) is 10.1. The highest BCUT2D eigenvalue weighted by Gasteiger charge is 2.17. The second-order valence-corrected chi connectivity index (χ2v) is 7.55. The Kier molecular flexibility index (Phi) is 2.88. The predicted octanol–water partition coefficient (Wildman–Crippen LogP) is 3.60. The van der Waals surface area contributed by atoms with Crippen LogP contribution in [0, 0.1) is 13.8 Å². The standard InChI is InChI=1S/C8H9Cl2OP/c1-6-3-4-8(5-7(6)2)12(9,10)11/h3-5H,1-2H3. The number of benzene rings is 1. The van der Waals surface area contributed by atoms with Gasteiger partial charge in [-0.05, 0) is 59.6 Å². The van der Waals surface area contributed by atoms with Gasteiger partial charge in [0.1, 0.15) is 0 Å². The van der Waals surface area contributed by atoms with E-state index < -0.39 is 5.85 Å². The van der Waals surface area contributed by atoms with E-state index in [0.29, 0.717) is 5.30 Å². The third-order valence-corrected chi connectivity index (χ3v) is 3.84. The van der Waals surface area contributed by atoms with E-state index in [-0.39, 0.29) is 0 Å². The van der Waals surface area contributed by atoms with Crippen LogP contribution >= 0.6 is 28.3 Å². The zero-order chi connectivity index (χ0) is 9.35. The van der Waals surface area contributed by atoms with Gasteiger partial charge in [-0.25, -0.2) is 0 Å². The summed E-state index contributed by atoms with van der Waals surface area (Å²) < 4.78 is 11.2. The van der Waals surface area contributed by atoms with Crippen molar-refractivity contribution in [1.82, 2.24) is 0 Å². The Morgan fingerprint density at radius 2 is 1.75 bits per heavy atom. The van der Waals surface area contributed by atoms with Crippen molar-refractivity contribution in [2.45, 2.75) is 13.8 Å². The van der Waals surface area contributed by atoms with Crippen LogP contribution in [0.1, 0.15) is 11.1 Å². The first-order valence-electron chi connectivity index (χ1n) is 3.48. The molecule has 4 heteroatoms. The number of hydrogen-bond acceptors (Lipinski definition) is 1. The van der Waals surface area contributed by atoms with E-state index in [4.69, 9.17) is 22.5 Å². The topological polar surface area (TPSA) is 17.1 Å². The van der Waals surface area contributed by atoms with Crippen LogP contribution in [0.3, 0.4) is 0 Å². The Balaban J connectivity index is 3.23. The van der Waals surface area contributed by atoms with Gasteiger partial charge in [0.25, 0.3) is 5.85 Å². The van der Waals surface area contributed by atoms with Crippen LogP contribution in [-0.2, 0) is 4.57 Å². The van der Waals surface area contributed by atoms with Crippen LogP contribution < -0.4 is 5.30 Å². The van der Waals surface area contributed by atoms with Crippen LogP contribution in [0.5, 0.6) is 0 Å². The van der Waals surface area contributed by atoms with Gasteiger partial charge in [0.2, 0.25) is 0 Å². The van der Waals surface area contributed by atoms with Crippen molar-refractivity contribution in [2.24, 2.45) is 0 Å². The van der Waals surface area contributed by atoms with E-state index in [9.17, 15) is 4.57 Å². The molecule has 1 aromatic carbocycles. The van der Waals surface area contributed by atoms with Gasteiger partial charge in [0, 0.05) is 5.30 Å². The molecule has 1 nitrogen and oxygen atoms in total. The molecule has 0 bridgehead atoms. The Morgan fingerprint density at radius 1 is 1.17 bits per heavy atom. The smallest absolute Gasteiger partial charge is 0.281 e. The monoisotopic (exact) mass is 222 g/mol. The van der Waals surface area contributed by atoms with Crippen LogP contribution in [0.2, 0.25) is 0 Å². The van der Waals surface area contributed by atoms with Crippen molar-refractivity contribution in [3.05, 3.63) is 29.3 Å². The SMILES string of the molecule is Cc1ccc(P(=O)(Cl)Cl)cc1C. The minimum absolute atomic E-state index is 0.508. The summed E-state index contributed by atoms with van der Waals surface area (Å²) in [6, 6.07) is 5.32. The molecule has 1 rings (SSSR count). The van der Waals surface area contributed by atoms with Crippen LogP contribution in [-0.4, -0.2) is 0 Å². The minimum atomic E-state index is -3.12. The third kappa shape index (κ3) is 2.26. The van der Waals surface area contributed by atoms with Gasteiger partial charge in [-0.2, -0.15) is 0 Å². The molecule has 0 saturated heterocycles. The molecule has 0 aliphatic rings. The molecule has 0 aliphatic carbocycles. The van der Waals surface area contributed by atoms with E-state index in [1.165, 1.54) is 0 Å². The quantitative estimate of drug-likeness (QED) is 0.664. The van der Waals surface area contributed by atoms with Gasteiger partial charge in [0.05, 0.1) is 0 Å². The highest BCUT2D eigenvalue weighted by Crippen LogP contribution is 2.55. The van der Waals surface area contributed by atoms with Crippen LogP contribution in [0.15, 0.2) is 18.2 Å². The number of aryl methyl sites for hydroxylation is 2. The van der Waals surface area contributed by atoms with Gasteiger partial charge in [-0.1, -0.05) is 6.07 Å².